The molecule has 0 saturated carbocycles. The smallest absolute Gasteiger partial charge is 0.160 e. The fourth-order valence-corrected chi connectivity index (χ4v) is 8.61. The van der Waals surface area contributed by atoms with E-state index in [-0.39, 0.29) is 6.04 Å². The van der Waals surface area contributed by atoms with Gasteiger partial charge in [0.15, 0.2) is 5.82 Å². The zero-order valence-electron chi connectivity index (χ0n) is 26.5. The number of para-hydroxylation sites is 1. The van der Waals surface area contributed by atoms with Gasteiger partial charge in [-0.15, -0.1) is 11.3 Å². The van der Waals surface area contributed by atoms with Crippen molar-refractivity contribution < 1.29 is 0 Å². The number of rotatable bonds is 4. The maximum atomic E-state index is 5.06. The van der Waals surface area contributed by atoms with E-state index in [0.717, 1.165) is 33.5 Å². The molecule has 1 atom stereocenters. The van der Waals surface area contributed by atoms with Gasteiger partial charge in [-0.05, 0) is 39.6 Å². The lowest BCUT2D eigenvalue weighted by atomic mass is 9.88. The van der Waals surface area contributed by atoms with Crippen molar-refractivity contribution in [1.29, 1.82) is 0 Å². The van der Waals surface area contributed by atoms with Gasteiger partial charge in [-0.1, -0.05) is 152 Å². The molecule has 0 amide bonds. The topological polar surface area (TPSA) is 37.8 Å². The van der Waals surface area contributed by atoms with Crippen LogP contribution in [0.2, 0.25) is 0 Å². The molecule has 7 aromatic carbocycles. The van der Waals surface area contributed by atoms with Crippen molar-refractivity contribution in [3.05, 3.63) is 175 Å². The van der Waals surface area contributed by atoms with Crippen molar-refractivity contribution in [3.63, 3.8) is 0 Å². The minimum absolute atomic E-state index is 0.0470. The summed E-state index contributed by atoms with van der Waals surface area (Å²) in [5.74, 6) is 0.738. The fourth-order valence-electron chi connectivity index (χ4n) is 7.34. The Bertz CT molecular complexity index is 2680. The van der Waals surface area contributed by atoms with Crippen molar-refractivity contribution in [2.45, 2.75) is 6.04 Å². The highest BCUT2D eigenvalue weighted by Crippen LogP contribution is 2.52. The molecule has 49 heavy (non-hydrogen) atoms. The first-order valence-electron chi connectivity index (χ1n) is 16.6. The molecule has 3 heterocycles. The standard InChI is InChI=1S/C45H29N3S/c1-2-11-33(12-3-1)45-46-38-16-8-6-14-35(38)41(48-45)31-22-18-28(19-23-31)29-20-24-32(25-21-29)42-40-36-15-7-9-17-39(36)49-44(40)37-27-26-30-10-4-5-13-34(30)43(37)47-42/h1-27,42,47H. The number of anilines is 1. The third-order valence-corrected chi connectivity index (χ3v) is 11.0. The Kier molecular flexibility index (Phi) is 6.42. The van der Waals surface area contributed by atoms with Crippen molar-refractivity contribution in [1.82, 2.24) is 9.97 Å². The molecule has 4 heteroatoms. The molecular formula is C45H29N3S. The number of thiophene rings is 1. The molecule has 1 aliphatic rings. The highest BCUT2D eigenvalue weighted by Gasteiger charge is 2.30. The average molecular weight is 644 g/mol. The van der Waals surface area contributed by atoms with Crippen LogP contribution in [0.4, 0.5) is 5.69 Å². The lowest BCUT2D eigenvalue weighted by molar-refractivity contribution is 0.949. The van der Waals surface area contributed by atoms with Crippen LogP contribution in [0.15, 0.2) is 164 Å². The average Bonchev–Trinajstić information content (AvgIpc) is 3.58. The Labute approximate surface area is 288 Å². The Morgan fingerprint density at radius 1 is 0.490 bits per heavy atom. The van der Waals surface area contributed by atoms with E-state index in [2.05, 4.69) is 145 Å². The molecule has 1 aliphatic heterocycles. The van der Waals surface area contributed by atoms with Gasteiger partial charge in [-0.2, -0.15) is 0 Å². The van der Waals surface area contributed by atoms with E-state index in [1.807, 2.05) is 35.6 Å². The Balaban J connectivity index is 1.02. The summed E-state index contributed by atoms with van der Waals surface area (Å²) in [6, 6.07) is 58.4. The van der Waals surface area contributed by atoms with Crippen LogP contribution in [-0.4, -0.2) is 9.97 Å². The first kappa shape index (κ1) is 28.0. The van der Waals surface area contributed by atoms with Gasteiger partial charge in [0.05, 0.1) is 22.9 Å². The number of fused-ring (bicyclic) bond motifs is 8. The van der Waals surface area contributed by atoms with Crippen LogP contribution in [0.1, 0.15) is 17.2 Å². The Morgan fingerprint density at radius 2 is 1.14 bits per heavy atom. The summed E-state index contributed by atoms with van der Waals surface area (Å²) >= 11 is 1.90. The normalized spacial score (nSPS) is 13.7. The SMILES string of the molecule is c1ccc(-c2nc(-c3ccc(-c4ccc(C5Nc6c(ccc7ccccc67)-c6sc7ccccc7c65)cc4)cc3)c3ccccc3n2)cc1. The molecule has 1 unspecified atom stereocenters. The second-order valence-electron chi connectivity index (χ2n) is 12.6. The van der Waals surface area contributed by atoms with Gasteiger partial charge in [0, 0.05) is 42.6 Å². The number of nitrogens with one attached hydrogen (secondary N) is 1. The maximum Gasteiger partial charge on any atom is 0.160 e. The van der Waals surface area contributed by atoms with E-state index in [1.54, 1.807) is 0 Å². The van der Waals surface area contributed by atoms with Crippen molar-refractivity contribution >= 4 is 48.8 Å². The van der Waals surface area contributed by atoms with Crippen LogP contribution in [0, 0.1) is 0 Å². The Morgan fingerprint density at radius 3 is 1.96 bits per heavy atom. The summed E-state index contributed by atoms with van der Waals surface area (Å²) in [5.41, 5.74) is 11.5. The highest BCUT2D eigenvalue weighted by atomic mass is 32.1. The summed E-state index contributed by atoms with van der Waals surface area (Å²) < 4.78 is 1.32. The van der Waals surface area contributed by atoms with Crippen LogP contribution in [0.5, 0.6) is 0 Å². The summed E-state index contributed by atoms with van der Waals surface area (Å²) in [6.45, 7) is 0. The van der Waals surface area contributed by atoms with E-state index in [9.17, 15) is 0 Å². The monoisotopic (exact) mass is 643 g/mol. The second-order valence-corrected chi connectivity index (χ2v) is 13.7. The molecule has 1 N–H and O–H groups in total. The lowest BCUT2D eigenvalue weighted by Crippen LogP contribution is -2.17. The third-order valence-electron chi connectivity index (χ3n) is 9.76. The van der Waals surface area contributed by atoms with Crippen molar-refractivity contribution in [3.8, 4) is 44.2 Å². The zero-order valence-corrected chi connectivity index (χ0v) is 27.3. The number of hydrogen-bond acceptors (Lipinski definition) is 4. The van der Waals surface area contributed by atoms with Gasteiger partial charge in [0.25, 0.3) is 0 Å². The second kappa shape index (κ2) is 11.3. The van der Waals surface area contributed by atoms with Crippen LogP contribution in [-0.2, 0) is 0 Å². The van der Waals surface area contributed by atoms with Crippen LogP contribution >= 0.6 is 11.3 Å². The molecule has 3 nitrogen and oxygen atoms in total. The molecule has 0 fully saturated rings. The van der Waals surface area contributed by atoms with Gasteiger partial charge >= 0.3 is 0 Å². The molecule has 9 aromatic rings. The van der Waals surface area contributed by atoms with E-state index in [0.29, 0.717) is 0 Å². The quantitative estimate of drug-likeness (QED) is 0.207. The third kappa shape index (κ3) is 4.64. The van der Waals surface area contributed by atoms with Gasteiger partial charge < -0.3 is 5.32 Å². The number of benzene rings is 7. The summed E-state index contributed by atoms with van der Waals surface area (Å²) in [7, 11) is 0. The summed E-state index contributed by atoms with van der Waals surface area (Å²) in [6.07, 6.45) is 0. The highest BCUT2D eigenvalue weighted by molar-refractivity contribution is 7.22. The van der Waals surface area contributed by atoms with Gasteiger partial charge in [0.1, 0.15) is 0 Å². The van der Waals surface area contributed by atoms with E-state index >= 15 is 0 Å². The summed E-state index contributed by atoms with van der Waals surface area (Å²) in [5, 5.41) is 8.89. The molecule has 0 saturated heterocycles. The molecule has 0 radical (unpaired) electrons. The van der Waals surface area contributed by atoms with E-state index in [1.165, 1.54) is 59.2 Å². The molecule has 0 aliphatic carbocycles. The summed E-state index contributed by atoms with van der Waals surface area (Å²) in [4.78, 5) is 11.3. The van der Waals surface area contributed by atoms with Crippen molar-refractivity contribution in [2.24, 2.45) is 0 Å². The van der Waals surface area contributed by atoms with Crippen LogP contribution in [0.3, 0.4) is 0 Å². The number of aromatic nitrogens is 2. The largest absolute Gasteiger partial charge is 0.373 e. The molecule has 0 spiro atoms. The van der Waals surface area contributed by atoms with Gasteiger partial charge in [-0.3, -0.25) is 0 Å². The number of nitrogens with zero attached hydrogens (tertiary/aromatic N) is 2. The van der Waals surface area contributed by atoms with Crippen LogP contribution < -0.4 is 5.32 Å². The zero-order chi connectivity index (χ0) is 32.3. The minimum atomic E-state index is 0.0470. The molecule has 230 valence electrons. The van der Waals surface area contributed by atoms with Gasteiger partial charge in [0.2, 0.25) is 0 Å². The molecule has 0 bridgehead atoms. The molecule has 10 rings (SSSR count). The lowest BCUT2D eigenvalue weighted by Gasteiger charge is -2.29. The molecular weight excluding hydrogens is 615 g/mol. The van der Waals surface area contributed by atoms with Gasteiger partial charge in [-0.25, -0.2) is 9.97 Å². The van der Waals surface area contributed by atoms with Crippen molar-refractivity contribution in [2.75, 3.05) is 5.32 Å². The fraction of sp³-hybridized carbons (Fsp3) is 0.0222. The maximum absolute atomic E-state index is 5.06. The Hall–Kier alpha value is -6.10. The van der Waals surface area contributed by atoms with E-state index in [4.69, 9.17) is 9.97 Å². The van der Waals surface area contributed by atoms with E-state index < -0.39 is 0 Å². The first-order chi connectivity index (χ1) is 24.3. The predicted octanol–water partition coefficient (Wildman–Crippen LogP) is 12.2. The first-order valence-corrected chi connectivity index (χ1v) is 17.4. The van der Waals surface area contributed by atoms with Crippen LogP contribution in [0.25, 0.3) is 76.0 Å². The molecule has 2 aromatic heterocycles. The minimum Gasteiger partial charge on any atom is -0.373 e. The number of hydrogen-bond donors (Lipinski definition) is 1. The predicted molar refractivity (Wildman–Crippen MR) is 206 cm³/mol.